The SMILES string of the molecule is CNc1cc2c(C)c(-c3cc(Cl)c4ncccc4c3)c(-c3cccc(-c4cnc5c(Cl)cc(-c6cc7c(Nc8ccccc8)cc(=O)[nH]c7nc6-c6ccccc6)cc5c4)c3)nc2[nH]c1=O. The topological polar surface area (TPSA) is 141 Å². The normalized spacial score (nSPS) is 11.5. The van der Waals surface area contributed by atoms with Crippen LogP contribution in [0.2, 0.25) is 10.0 Å². The van der Waals surface area contributed by atoms with E-state index in [1.165, 1.54) is 0 Å². The highest BCUT2D eigenvalue weighted by molar-refractivity contribution is 6.36. The monoisotopic (exact) mass is 898 g/mol. The summed E-state index contributed by atoms with van der Waals surface area (Å²) in [5.41, 5.74) is 12.8. The fraction of sp³-hybridized carbons (Fsp3) is 0.0370. The zero-order valence-corrected chi connectivity index (χ0v) is 36.9. The molecule has 0 aliphatic rings. The lowest BCUT2D eigenvalue weighted by Crippen LogP contribution is -2.12. The van der Waals surface area contributed by atoms with E-state index in [0.29, 0.717) is 55.1 Å². The first-order chi connectivity index (χ1) is 32.2. The molecule has 5 aromatic carbocycles. The molecule has 4 N–H and O–H groups in total. The Balaban J connectivity index is 1.07. The van der Waals surface area contributed by atoms with Gasteiger partial charge in [-0.2, -0.15) is 0 Å². The minimum absolute atomic E-state index is 0.265. The molecule has 0 unspecified atom stereocenters. The van der Waals surface area contributed by atoms with E-state index >= 15 is 0 Å². The van der Waals surface area contributed by atoms with E-state index in [1.807, 2.05) is 128 Å². The number of para-hydroxylation sites is 1. The van der Waals surface area contributed by atoms with Gasteiger partial charge < -0.3 is 20.6 Å². The Morgan fingerprint density at radius 3 is 2.03 bits per heavy atom. The molecule has 0 atom stereocenters. The zero-order chi connectivity index (χ0) is 45.1. The number of hydrogen-bond donors (Lipinski definition) is 4. The molecule has 0 amide bonds. The van der Waals surface area contributed by atoms with Crippen molar-refractivity contribution in [2.75, 3.05) is 17.7 Å². The van der Waals surface area contributed by atoms with Gasteiger partial charge in [0.25, 0.3) is 11.1 Å². The molecule has 0 radical (unpaired) electrons. The molecule has 0 bridgehead atoms. The molecule has 0 spiro atoms. The largest absolute Gasteiger partial charge is 0.384 e. The number of nitrogens with zero attached hydrogens (tertiary/aromatic N) is 4. The highest BCUT2D eigenvalue weighted by atomic mass is 35.5. The van der Waals surface area contributed by atoms with Crippen LogP contribution in [0.5, 0.6) is 0 Å². The molecule has 11 rings (SSSR count). The second kappa shape index (κ2) is 16.4. The van der Waals surface area contributed by atoms with Crippen LogP contribution in [0.4, 0.5) is 17.1 Å². The minimum atomic E-state index is -0.270. The number of anilines is 3. The Kier molecular flexibility index (Phi) is 10.1. The molecule has 6 aromatic heterocycles. The lowest BCUT2D eigenvalue weighted by atomic mass is 9.91. The zero-order valence-electron chi connectivity index (χ0n) is 35.4. The van der Waals surface area contributed by atoms with E-state index < -0.39 is 0 Å². The first-order valence-corrected chi connectivity index (χ1v) is 21.9. The van der Waals surface area contributed by atoms with Crippen molar-refractivity contribution in [3.8, 4) is 55.9 Å². The van der Waals surface area contributed by atoms with Gasteiger partial charge in [-0.15, -0.1) is 0 Å². The molecule has 10 nitrogen and oxygen atoms in total. The molecule has 6 heterocycles. The Labute approximate surface area is 387 Å². The van der Waals surface area contributed by atoms with E-state index in [0.717, 1.165) is 77.3 Å². The van der Waals surface area contributed by atoms with Gasteiger partial charge in [0.1, 0.15) is 17.0 Å². The molecular formula is C54H36Cl2N8O2. The van der Waals surface area contributed by atoms with Gasteiger partial charge in [-0.25, -0.2) is 9.97 Å². The van der Waals surface area contributed by atoms with Crippen LogP contribution >= 0.6 is 23.2 Å². The van der Waals surface area contributed by atoms with Gasteiger partial charge >= 0.3 is 0 Å². The van der Waals surface area contributed by atoms with E-state index in [1.54, 1.807) is 19.3 Å². The summed E-state index contributed by atoms with van der Waals surface area (Å²) in [5, 5.41) is 10.7. The lowest BCUT2D eigenvalue weighted by Gasteiger charge is -2.17. The summed E-state index contributed by atoms with van der Waals surface area (Å²) < 4.78 is 0. The number of hydrogen-bond acceptors (Lipinski definition) is 8. The molecule has 0 fully saturated rings. The number of aromatic amines is 2. The molecule has 0 aliphatic carbocycles. The fourth-order valence-corrected chi connectivity index (χ4v) is 9.32. The Hall–Kier alpha value is -8.18. The number of aryl methyl sites for hydroxylation is 1. The summed E-state index contributed by atoms with van der Waals surface area (Å²) in [6.07, 6.45) is 3.55. The highest BCUT2D eigenvalue weighted by Crippen LogP contribution is 2.42. The van der Waals surface area contributed by atoms with Crippen molar-refractivity contribution in [1.82, 2.24) is 29.9 Å². The summed E-state index contributed by atoms with van der Waals surface area (Å²) in [4.78, 5) is 51.7. The maximum Gasteiger partial charge on any atom is 0.272 e. The number of nitrogens with one attached hydrogen (secondary N) is 4. The number of benzene rings is 5. The van der Waals surface area contributed by atoms with Crippen molar-refractivity contribution in [3.05, 3.63) is 194 Å². The predicted molar refractivity (Wildman–Crippen MR) is 270 cm³/mol. The van der Waals surface area contributed by atoms with Crippen LogP contribution in [0.1, 0.15) is 5.56 Å². The molecule has 11 aromatic rings. The number of H-pyrrole nitrogens is 2. The lowest BCUT2D eigenvalue weighted by molar-refractivity contribution is 1.21. The van der Waals surface area contributed by atoms with Gasteiger partial charge in [-0.3, -0.25) is 19.6 Å². The van der Waals surface area contributed by atoms with E-state index in [4.69, 9.17) is 38.2 Å². The number of rotatable bonds is 8. The summed E-state index contributed by atoms with van der Waals surface area (Å²) in [7, 11) is 1.72. The van der Waals surface area contributed by atoms with Crippen LogP contribution in [-0.2, 0) is 0 Å². The second-order valence-corrected chi connectivity index (χ2v) is 16.9. The number of pyridine rings is 6. The Morgan fingerprint density at radius 2 is 1.23 bits per heavy atom. The van der Waals surface area contributed by atoms with E-state index in [-0.39, 0.29) is 11.1 Å². The van der Waals surface area contributed by atoms with Crippen LogP contribution in [0.15, 0.2) is 168 Å². The van der Waals surface area contributed by atoms with Crippen LogP contribution in [-0.4, -0.2) is 37.0 Å². The number of halogens is 2. The minimum Gasteiger partial charge on any atom is -0.384 e. The summed E-state index contributed by atoms with van der Waals surface area (Å²) in [6, 6.07) is 47.1. The molecule has 66 heavy (non-hydrogen) atoms. The smallest absolute Gasteiger partial charge is 0.272 e. The Morgan fingerprint density at radius 1 is 0.545 bits per heavy atom. The van der Waals surface area contributed by atoms with Crippen molar-refractivity contribution in [2.45, 2.75) is 6.92 Å². The quantitative estimate of drug-likeness (QED) is 0.118. The van der Waals surface area contributed by atoms with E-state index in [2.05, 4.69) is 49.9 Å². The molecule has 318 valence electrons. The summed E-state index contributed by atoms with van der Waals surface area (Å²) in [6.45, 7) is 2.04. The highest BCUT2D eigenvalue weighted by Gasteiger charge is 2.21. The summed E-state index contributed by atoms with van der Waals surface area (Å²) in [5.74, 6) is 0. The predicted octanol–water partition coefficient (Wildman–Crippen LogP) is 13.0. The van der Waals surface area contributed by atoms with Crippen molar-refractivity contribution in [3.63, 3.8) is 0 Å². The van der Waals surface area contributed by atoms with Gasteiger partial charge in [0.05, 0.1) is 38.2 Å². The molecular weight excluding hydrogens is 864 g/mol. The first-order valence-electron chi connectivity index (χ1n) is 21.1. The molecule has 0 saturated heterocycles. The summed E-state index contributed by atoms with van der Waals surface area (Å²) >= 11 is 14.0. The number of fused-ring (bicyclic) bond motifs is 4. The van der Waals surface area contributed by atoms with Crippen LogP contribution in [0, 0.1) is 6.92 Å². The van der Waals surface area contributed by atoms with Gasteiger partial charge in [0.15, 0.2) is 0 Å². The third-order valence-electron chi connectivity index (χ3n) is 11.9. The van der Waals surface area contributed by atoms with Crippen molar-refractivity contribution in [1.29, 1.82) is 0 Å². The third kappa shape index (κ3) is 7.28. The standard InChI is InChI=1S/C54H36Cl2N8O2/c1-29-39-26-45(57-2)54(66)64-52(39)63-51(47(29)35-20-32-15-10-18-58-49(32)43(56)24-35)33-14-9-13-31(19-33)37-22-36-21-34(23-42(55)50(36)59-28-37)40-25-41-44(60-38-16-7-4-8-17-38)27-46(65)61-53(41)62-48(40)30-11-5-3-6-12-30/h3-28,57H,1-2H3,(H,63,64,66)(H2,60,61,62,65). The van der Waals surface area contributed by atoms with Crippen molar-refractivity contribution < 1.29 is 0 Å². The average molecular weight is 900 g/mol. The van der Waals surface area contributed by atoms with Gasteiger partial charge in [0.2, 0.25) is 0 Å². The maximum absolute atomic E-state index is 13.1. The maximum atomic E-state index is 13.1. The van der Waals surface area contributed by atoms with Crippen LogP contribution < -0.4 is 21.8 Å². The number of aromatic nitrogens is 6. The van der Waals surface area contributed by atoms with Crippen molar-refractivity contribution >= 4 is 84.1 Å². The third-order valence-corrected chi connectivity index (χ3v) is 12.5. The molecule has 0 aliphatic heterocycles. The van der Waals surface area contributed by atoms with Crippen LogP contribution in [0.25, 0.3) is 99.8 Å². The fourth-order valence-electron chi connectivity index (χ4n) is 8.77. The van der Waals surface area contributed by atoms with Gasteiger partial charge in [0, 0.05) is 80.6 Å². The molecule has 12 heteroatoms. The van der Waals surface area contributed by atoms with Crippen LogP contribution in [0.3, 0.4) is 0 Å². The average Bonchev–Trinajstić information content (AvgIpc) is 3.33. The Bertz CT molecular complexity index is 3880. The van der Waals surface area contributed by atoms with Gasteiger partial charge in [-0.1, -0.05) is 96.0 Å². The molecule has 0 saturated carbocycles. The van der Waals surface area contributed by atoms with Gasteiger partial charge in [-0.05, 0) is 95.9 Å². The van der Waals surface area contributed by atoms with E-state index in [9.17, 15) is 9.59 Å². The van der Waals surface area contributed by atoms with Crippen molar-refractivity contribution in [2.24, 2.45) is 0 Å². The second-order valence-electron chi connectivity index (χ2n) is 16.0. The first kappa shape index (κ1) is 40.6.